The van der Waals surface area contributed by atoms with Gasteiger partial charge in [-0.05, 0) is 24.5 Å². The molecule has 1 aliphatic carbocycles. The van der Waals surface area contributed by atoms with Crippen LogP contribution in [0.2, 0.25) is 0 Å². The van der Waals surface area contributed by atoms with Crippen molar-refractivity contribution in [3.63, 3.8) is 0 Å². The zero-order valence-corrected chi connectivity index (χ0v) is 8.09. The molecule has 0 bridgehead atoms. The molecule has 1 atom stereocenters. The van der Waals surface area contributed by atoms with Crippen LogP contribution >= 0.6 is 0 Å². The SMILES string of the molecule is NC1CCc2c([nH]c3ccccc23)C1. The number of fused-ring (bicyclic) bond motifs is 3. The lowest BCUT2D eigenvalue weighted by atomic mass is 9.92. The number of hydrogen-bond acceptors (Lipinski definition) is 1. The highest BCUT2D eigenvalue weighted by atomic mass is 14.8. The molecule has 2 heteroatoms. The van der Waals surface area contributed by atoms with Crippen LogP contribution in [0.3, 0.4) is 0 Å². The Kier molecular flexibility index (Phi) is 1.64. The minimum absolute atomic E-state index is 0.343. The largest absolute Gasteiger partial charge is 0.358 e. The molecule has 0 saturated heterocycles. The van der Waals surface area contributed by atoms with Crippen molar-refractivity contribution in [2.45, 2.75) is 25.3 Å². The summed E-state index contributed by atoms with van der Waals surface area (Å²) in [5.41, 5.74) is 10.0. The van der Waals surface area contributed by atoms with Gasteiger partial charge in [0.25, 0.3) is 0 Å². The van der Waals surface area contributed by atoms with Crippen LogP contribution in [0, 0.1) is 0 Å². The highest BCUT2D eigenvalue weighted by molar-refractivity contribution is 5.84. The van der Waals surface area contributed by atoms with E-state index in [4.69, 9.17) is 5.73 Å². The van der Waals surface area contributed by atoms with Crippen molar-refractivity contribution in [3.05, 3.63) is 35.5 Å². The van der Waals surface area contributed by atoms with Crippen molar-refractivity contribution in [2.24, 2.45) is 5.73 Å². The molecule has 0 aliphatic heterocycles. The predicted octanol–water partition coefficient (Wildman–Crippen LogP) is 1.98. The third-order valence-corrected chi connectivity index (χ3v) is 3.13. The van der Waals surface area contributed by atoms with Gasteiger partial charge in [0.15, 0.2) is 0 Å². The predicted molar refractivity (Wildman–Crippen MR) is 58.3 cm³/mol. The summed E-state index contributed by atoms with van der Waals surface area (Å²) in [5, 5.41) is 1.38. The minimum atomic E-state index is 0.343. The zero-order chi connectivity index (χ0) is 9.54. The average Bonchev–Trinajstić information content (AvgIpc) is 2.54. The van der Waals surface area contributed by atoms with Gasteiger partial charge in [0.1, 0.15) is 0 Å². The number of aromatic amines is 1. The number of benzene rings is 1. The molecule has 3 rings (SSSR count). The van der Waals surface area contributed by atoms with Crippen LogP contribution in [-0.2, 0) is 12.8 Å². The van der Waals surface area contributed by atoms with Crippen molar-refractivity contribution in [1.29, 1.82) is 0 Å². The van der Waals surface area contributed by atoms with E-state index in [1.54, 1.807) is 0 Å². The van der Waals surface area contributed by atoms with Gasteiger partial charge in [-0.3, -0.25) is 0 Å². The highest BCUT2D eigenvalue weighted by Gasteiger charge is 2.19. The molecule has 1 unspecified atom stereocenters. The molecule has 2 nitrogen and oxygen atoms in total. The lowest BCUT2D eigenvalue weighted by Gasteiger charge is -2.17. The fourth-order valence-electron chi connectivity index (χ4n) is 2.41. The van der Waals surface area contributed by atoms with Crippen molar-refractivity contribution < 1.29 is 0 Å². The van der Waals surface area contributed by atoms with Gasteiger partial charge in [-0.1, -0.05) is 18.2 Å². The van der Waals surface area contributed by atoms with Gasteiger partial charge in [0.05, 0.1) is 0 Å². The Bertz CT molecular complexity index is 470. The molecule has 0 saturated carbocycles. The van der Waals surface area contributed by atoms with E-state index in [9.17, 15) is 0 Å². The first-order valence-electron chi connectivity index (χ1n) is 5.18. The van der Waals surface area contributed by atoms with Crippen LogP contribution in [0.1, 0.15) is 17.7 Å². The van der Waals surface area contributed by atoms with Crippen LogP contribution in [-0.4, -0.2) is 11.0 Å². The Morgan fingerprint density at radius 3 is 3.07 bits per heavy atom. The summed E-state index contributed by atoms with van der Waals surface area (Å²) >= 11 is 0. The summed E-state index contributed by atoms with van der Waals surface area (Å²) in [7, 11) is 0. The Morgan fingerprint density at radius 1 is 1.29 bits per heavy atom. The van der Waals surface area contributed by atoms with Crippen molar-refractivity contribution in [3.8, 4) is 0 Å². The lowest BCUT2D eigenvalue weighted by molar-refractivity contribution is 0.572. The Labute approximate surface area is 83.1 Å². The Balaban J connectivity index is 2.24. The van der Waals surface area contributed by atoms with E-state index >= 15 is 0 Å². The van der Waals surface area contributed by atoms with Gasteiger partial charge in [0.2, 0.25) is 0 Å². The Hall–Kier alpha value is -1.28. The monoisotopic (exact) mass is 186 g/mol. The molecule has 0 fully saturated rings. The summed E-state index contributed by atoms with van der Waals surface area (Å²) in [6.45, 7) is 0. The fourth-order valence-corrected chi connectivity index (χ4v) is 2.41. The number of nitrogens with two attached hydrogens (primary N) is 1. The molecule has 1 aliphatic rings. The van der Waals surface area contributed by atoms with E-state index < -0.39 is 0 Å². The number of nitrogens with one attached hydrogen (secondary N) is 1. The smallest absolute Gasteiger partial charge is 0.0458 e. The summed E-state index contributed by atoms with van der Waals surface area (Å²) in [5.74, 6) is 0. The van der Waals surface area contributed by atoms with Gasteiger partial charge in [-0.15, -0.1) is 0 Å². The van der Waals surface area contributed by atoms with Gasteiger partial charge in [-0.2, -0.15) is 0 Å². The van der Waals surface area contributed by atoms with E-state index in [1.165, 1.54) is 22.2 Å². The van der Waals surface area contributed by atoms with Crippen molar-refractivity contribution in [1.82, 2.24) is 4.98 Å². The van der Waals surface area contributed by atoms with Crippen LogP contribution in [0.4, 0.5) is 0 Å². The maximum absolute atomic E-state index is 5.95. The van der Waals surface area contributed by atoms with Gasteiger partial charge >= 0.3 is 0 Å². The first kappa shape index (κ1) is 8.06. The van der Waals surface area contributed by atoms with E-state index in [-0.39, 0.29) is 0 Å². The van der Waals surface area contributed by atoms with Crippen LogP contribution in [0.5, 0.6) is 0 Å². The number of H-pyrrole nitrogens is 1. The number of rotatable bonds is 0. The number of hydrogen-bond donors (Lipinski definition) is 2. The molecule has 0 radical (unpaired) electrons. The second-order valence-corrected chi connectivity index (χ2v) is 4.13. The first-order valence-corrected chi connectivity index (χ1v) is 5.18. The van der Waals surface area contributed by atoms with Crippen LogP contribution in [0.15, 0.2) is 24.3 Å². The minimum Gasteiger partial charge on any atom is -0.358 e. The summed E-state index contributed by atoms with van der Waals surface area (Å²) < 4.78 is 0. The quantitative estimate of drug-likeness (QED) is 0.649. The molecule has 3 N–H and O–H groups in total. The van der Waals surface area contributed by atoms with Gasteiger partial charge in [-0.25, -0.2) is 0 Å². The molecule has 14 heavy (non-hydrogen) atoms. The zero-order valence-electron chi connectivity index (χ0n) is 8.09. The first-order chi connectivity index (χ1) is 6.84. The second kappa shape index (κ2) is 2.85. The number of aromatic nitrogens is 1. The summed E-state index contributed by atoms with van der Waals surface area (Å²) in [6.07, 6.45) is 3.25. The van der Waals surface area contributed by atoms with E-state index in [0.717, 1.165) is 19.3 Å². The van der Waals surface area contributed by atoms with Crippen LogP contribution in [0.25, 0.3) is 10.9 Å². The number of para-hydroxylation sites is 1. The van der Waals surface area contributed by atoms with E-state index in [2.05, 4.69) is 29.2 Å². The van der Waals surface area contributed by atoms with Gasteiger partial charge < -0.3 is 10.7 Å². The maximum Gasteiger partial charge on any atom is 0.0458 e. The van der Waals surface area contributed by atoms with Gasteiger partial charge in [0, 0.05) is 29.1 Å². The standard InChI is InChI=1S/C12H14N2/c13-8-5-6-10-9-3-1-2-4-11(9)14-12(10)7-8/h1-4,8,14H,5-7,13H2. The second-order valence-electron chi connectivity index (χ2n) is 4.13. The molecule has 1 aromatic heterocycles. The fraction of sp³-hybridized carbons (Fsp3) is 0.333. The lowest BCUT2D eigenvalue weighted by Crippen LogP contribution is -2.27. The maximum atomic E-state index is 5.95. The van der Waals surface area contributed by atoms with Crippen LogP contribution < -0.4 is 5.73 Å². The van der Waals surface area contributed by atoms with Crippen molar-refractivity contribution >= 4 is 10.9 Å². The molecule has 0 amide bonds. The normalized spacial score (nSPS) is 21.1. The molecule has 1 aromatic carbocycles. The third-order valence-electron chi connectivity index (χ3n) is 3.13. The molecule has 72 valence electrons. The molecular formula is C12H14N2. The van der Waals surface area contributed by atoms with E-state index in [0.29, 0.717) is 6.04 Å². The third kappa shape index (κ3) is 1.07. The number of aryl methyl sites for hydroxylation is 1. The molecule has 2 aromatic rings. The summed E-state index contributed by atoms with van der Waals surface area (Å²) in [4.78, 5) is 3.47. The molecule has 0 spiro atoms. The topological polar surface area (TPSA) is 41.8 Å². The average molecular weight is 186 g/mol. The molecular weight excluding hydrogens is 172 g/mol. The summed E-state index contributed by atoms with van der Waals surface area (Å²) in [6, 6.07) is 8.85. The van der Waals surface area contributed by atoms with E-state index in [1.807, 2.05) is 0 Å². The molecule has 1 heterocycles. The Morgan fingerprint density at radius 2 is 2.14 bits per heavy atom. The highest BCUT2D eigenvalue weighted by Crippen LogP contribution is 2.28. The van der Waals surface area contributed by atoms with Crippen molar-refractivity contribution in [2.75, 3.05) is 0 Å².